The van der Waals surface area contributed by atoms with Crippen LogP contribution in [0.1, 0.15) is 15.9 Å². The van der Waals surface area contributed by atoms with Gasteiger partial charge in [-0.3, -0.25) is 4.79 Å². The van der Waals surface area contributed by atoms with Crippen molar-refractivity contribution in [3.63, 3.8) is 0 Å². The van der Waals surface area contributed by atoms with E-state index in [0.717, 1.165) is 5.56 Å². The number of benzene rings is 2. The fourth-order valence-corrected chi connectivity index (χ4v) is 1.96. The maximum atomic E-state index is 12.2. The predicted molar refractivity (Wildman–Crippen MR) is 78.7 cm³/mol. The molecule has 3 aromatic rings. The Bertz CT molecular complexity index is 850. The van der Waals surface area contributed by atoms with Gasteiger partial charge in [0, 0.05) is 16.8 Å². The van der Waals surface area contributed by atoms with E-state index in [-0.39, 0.29) is 5.91 Å². The third-order valence-corrected chi connectivity index (χ3v) is 2.99. The van der Waals surface area contributed by atoms with Crippen molar-refractivity contribution in [1.29, 1.82) is 5.26 Å². The van der Waals surface area contributed by atoms with E-state index in [9.17, 15) is 4.79 Å². The van der Waals surface area contributed by atoms with Gasteiger partial charge in [0.05, 0.1) is 11.6 Å². The molecule has 0 saturated heterocycles. The lowest BCUT2D eigenvalue weighted by molar-refractivity contribution is 0.102. The molecule has 0 radical (unpaired) electrons. The molecule has 0 bridgehead atoms. The van der Waals surface area contributed by atoms with Gasteiger partial charge >= 0.3 is 0 Å². The smallest absolute Gasteiger partial charge is 0.255 e. The number of rotatable bonds is 3. The average molecular weight is 290 g/mol. The molecule has 0 fully saturated rings. The second kappa shape index (κ2) is 5.85. The van der Waals surface area contributed by atoms with Crippen molar-refractivity contribution in [3.8, 4) is 17.5 Å². The summed E-state index contributed by atoms with van der Waals surface area (Å²) in [7, 11) is 0. The van der Waals surface area contributed by atoms with Gasteiger partial charge in [-0.25, -0.2) is 5.10 Å². The van der Waals surface area contributed by atoms with Crippen LogP contribution in [-0.2, 0) is 0 Å². The Hall–Kier alpha value is -3.53. The van der Waals surface area contributed by atoms with Crippen LogP contribution < -0.4 is 5.32 Å². The summed E-state index contributed by atoms with van der Waals surface area (Å²) in [5.74, 6) is 0.229. The molecule has 2 aromatic carbocycles. The minimum Gasteiger partial charge on any atom is -0.322 e. The van der Waals surface area contributed by atoms with Crippen molar-refractivity contribution in [3.05, 3.63) is 59.7 Å². The molecular weight excluding hydrogens is 280 g/mol. The zero-order chi connectivity index (χ0) is 15.4. The van der Waals surface area contributed by atoms with Gasteiger partial charge in [0.25, 0.3) is 5.91 Å². The van der Waals surface area contributed by atoms with Crippen LogP contribution >= 0.6 is 0 Å². The highest BCUT2D eigenvalue weighted by molar-refractivity contribution is 6.04. The van der Waals surface area contributed by atoms with E-state index in [1.165, 1.54) is 0 Å². The van der Waals surface area contributed by atoms with Gasteiger partial charge in [-0.1, -0.05) is 18.2 Å². The number of aromatic nitrogens is 4. The second-order valence-corrected chi connectivity index (χ2v) is 4.48. The van der Waals surface area contributed by atoms with E-state index in [4.69, 9.17) is 5.26 Å². The van der Waals surface area contributed by atoms with Crippen LogP contribution in [0.4, 0.5) is 5.69 Å². The molecule has 0 aliphatic rings. The quantitative estimate of drug-likeness (QED) is 0.767. The molecule has 1 aromatic heterocycles. The van der Waals surface area contributed by atoms with Gasteiger partial charge in [-0.05, 0) is 40.8 Å². The molecule has 22 heavy (non-hydrogen) atoms. The molecule has 0 aliphatic carbocycles. The highest BCUT2D eigenvalue weighted by atomic mass is 16.1. The van der Waals surface area contributed by atoms with Gasteiger partial charge in [0.2, 0.25) is 0 Å². The lowest BCUT2D eigenvalue weighted by atomic mass is 10.1. The van der Waals surface area contributed by atoms with Gasteiger partial charge < -0.3 is 5.32 Å². The van der Waals surface area contributed by atoms with E-state index >= 15 is 0 Å². The molecule has 7 nitrogen and oxygen atoms in total. The van der Waals surface area contributed by atoms with Gasteiger partial charge in [0.15, 0.2) is 5.82 Å². The van der Waals surface area contributed by atoms with Crippen molar-refractivity contribution in [1.82, 2.24) is 20.6 Å². The third kappa shape index (κ3) is 2.81. The number of nitrogens with zero attached hydrogens (tertiary/aromatic N) is 4. The summed E-state index contributed by atoms with van der Waals surface area (Å²) in [6, 6.07) is 15.7. The molecule has 3 rings (SSSR count). The number of amides is 1. The Balaban J connectivity index is 1.82. The molecule has 1 heterocycles. The van der Waals surface area contributed by atoms with Gasteiger partial charge in [-0.15, -0.1) is 5.10 Å². The highest BCUT2D eigenvalue weighted by Gasteiger charge is 2.08. The number of anilines is 1. The first-order valence-corrected chi connectivity index (χ1v) is 6.42. The SMILES string of the molecule is N#Cc1cccc(C(=O)Nc2cccc(-c3nnn[nH]3)c2)c1. The number of hydrogen-bond acceptors (Lipinski definition) is 5. The summed E-state index contributed by atoms with van der Waals surface area (Å²) in [4.78, 5) is 12.2. The number of carbonyl (C=O) groups is 1. The summed E-state index contributed by atoms with van der Waals surface area (Å²) in [5.41, 5.74) is 2.23. The number of hydrogen-bond donors (Lipinski definition) is 2. The normalized spacial score (nSPS) is 9.95. The predicted octanol–water partition coefficient (Wildman–Crippen LogP) is 1.99. The topological polar surface area (TPSA) is 107 Å². The average Bonchev–Trinajstić information content (AvgIpc) is 3.10. The molecule has 0 atom stereocenters. The monoisotopic (exact) mass is 290 g/mol. The number of nitrogens with one attached hydrogen (secondary N) is 2. The Morgan fingerprint density at radius 2 is 2.05 bits per heavy atom. The molecule has 106 valence electrons. The molecular formula is C15H10N6O. The zero-order valence-electron chi connectivity index (χ0n) is 11.3. The summed E-state index contributed by atoms with van der Waals surface area (Å²) in [5, 5.41) is 25.2. The Morgan fingerprint density at radius 3 is 2.82 bits per heavy atom. The largest absolute Gasteiger partial charge is 0.322 e. The Labute approximate surface area is 125 Å². The van der Waals surface area contributed by atoms with E-state index in [1.54, 1.807) is 42.5 Å². The first-order chi connectivity index (χ1) is 10.8. The molecule has 1 amide bonds. The number of H-pyrrole nitrogens is 1. The summed E-state index contributed by atoms with van der Waals surface area (Å²) >= 11 is 0. The van der Waals surface area contributed by atoms with Crippen LogP contribution in [0.15, 0.2) is 48.5 Å². The van der Waals surface area contributed by atoms with E-state index in [1.807, 2.05) is 12.1 Å². The molecule has 0 spiro atoms. The number of nitriles is 1. The van der Waals surface area contributed by atoms with Crippen molar-refractivity contribution in [2.75, 3.05) is 5.32 Å². The Kier molecular flexibility index (Phi) is 3.58. The van der Waals surface area contributed by atoms with Crippen LogP contribution in [0, 0.1) is 11.3 Å². The van der Waals surface area contributed by atoms with Crippen molar-refractivity contribution in [2.24, 2.45) is 0 Å². The summed E-state index contributed by atoms with van der Waals surface area (Å²) in [6.07, 6.45) is 0. The lowest BCUT2D eigenvalue weighted by Crippen LogP contribution is -2.12. The van der Waals surface area contributed by atoms with Gasteiger partial charge in [0.1, 0.15) is 0 Å². The van der Waals surface area contributed by atoms with Crippen molar-refractivity contribution >= 4 is 11.6 Å². The second-order valence-electron chi connectivity index (χ2n) is 4.48. The maximum Gasteiger partial charge on any atom is 0.255 e. The standard InChI is InChI=1S/C15H10N6O/c16-9-10-3-1-5-12(7-10)15(22)17-13-6-2-4-11(8-13)14-18-20-21-19-14/h1-8H,(H,17,22)(H,18,19,20,21). The number of tetrazole rings is 1. The van der Waals surface area contributed by atoms with Crippen LogP contribution in [0.25, 0.3) is 11.4 Å². The third-order valence-electron chi connectivity index (χ3n) is 2.99. The summed E-state index contributed by atoms with van der Waals surface area (Å²) < 4.78 is 0. The fourth-order valence-electron chi connectivity index (χ4n) is 1.96. The molecule has 0 unspecified atom stereocenters. The molecule has 0 saturated carbocycles. The summed E-state index contributed by atoms with van der Waals surface area (Å²) in [6.45, 7) is 0. The zero-order valence-corrected chi connectivity index (χ0v) is 11.3. The number of aromatic amines is 1. The van der Waals surface area contributed by atoms with E-state index in [2.05, 4.69) is 25.9 Å². The molecule has 7 heteroatoms. The highest BCUT2D eigenvalue weighted by Crippen LogP contribution is 2.19. The van der Waals surface area contributed by atoms with Gasteiger partial charge in [-0.2, -0.15) is 5.26 Å². The first-order valence-electron chi connectivity index (χ1n) is 6.42. The maximum absolute atomic E-state index is 12.2. The van der Waals surface area contributed by atoms with Crippen molar-refractivity contribution in [2.45, 2.75) is 0 Å². The van der Waals surface area contributed by atoms with Crippen LogP contribution in [0.3, 0.4) is 0 Å². The first kappa shape index (κ1) is 13.5. The van der Waals surface area contributed by atoms with Crippen LogP contribution in [-0.4, -0.2) is 26.5 Å². The Morgan fingerprint density at radius 1 is 1.18 bits per heavy atom. The minimum atomic E-state index is -0.287. The fraction of sp³-hybridized carbons (Fsp3) is 0. The number of carbonyl (C=O) groups excluding carboxylic acids is 1. The minimum absolute atomic E-state index is 0.287. The van der Waals surface area contributed by atoms with Crippen LogP contribution in [0.5, 0.6) is 0 Å². The van der Waals surface area contributed by atoms with E-state index < -0.39 is 0 Å². The van der Waals surface area contributed by atoms with Crippen molar-refractivity contribution < 1.29 is 4.79 Å². The molecule has 0 aliphatic heterocycles. The lowest BCUT2D eigenvalue weighted by Gasteiger charge is -2.06. The van der Waals surface area contributed by atoms with Crippen LogP contribution in [0.2, 0.25) is 0 Å². The molecule has 2 N–H and O–H groups in total. The van der Waals surface area contributed by atoms with E-state index in [0.29, 0.717) is 22.6 Å².